The van der Waals surface area contributed by atoms with Crippen LogP contribution < -0.4 is 10.8 Å². The SMILES string of the molecule is CC(C)OC(=O)[C@H](C)N[P@](=O)(OC[C@@H]1CC[C@H](n2cnc3c(=S)[nH]c(N)nc32)O1)OC1CSSC1. The van der Waals surface area contributed by atoms with Crippen LogP contribution in [0.25, 0.3) is 11.2 Å². The molecule has 4 atom stereocenters. The second-order valence-electron chi connectivity index (χ2n) is 8.49. The molecule has 2 aliphatic heterocycles. The third-order valence-electron chi connectivity index (χ3n) is 5.21. The Bertz CT molecular complexity index is 1160. The summed E-state index contributed by atoms with van der Waals surface area (Å²) in [6.45, 7) is 5.08. The number of nitrogen functional groups attached to an aromatic ring is 1. The number of hydrogen-bond acceptors (Lipinski definition) is 12. The Kier molecular flexibility index (Phi) is 8.80. The largest absolute Gasteiger partial charge is 0.462 e. The Morgan fingerprint density at radius 2 is 2.14 bits per heavy atom. The minimum absolute atomic E-state index is 0.0159. The van der Waals surface area contributed by atoms with E-state index in [1.807, 2.05) is 0 Å². The molecule has 12 nitrogen and oxygen atoms in total. The Balaban J connectivity index is 1.41. The summed E-state index contributed by atoms with van der Waals surface area (Å²) in [5.74, 6) is 1.02. The molecule has 4 heterocycles. The predicted molar refractivity (Wildman–Crippen MR) is 137 cm³/mol. The van der Waals surface area contributed by atoms with E-state index in [0.29, 0.717) is 40.2 Å². The van der Waals surface area contributed by atoms with Crippen LogP contribution in [0.1, 0.15) is 39.8 Å². The van der Waals surface area contributed by atoms with Gasteiger partial charge < -0.3 is 20.2 Å². The molecule has 16 heteroatoms. The Morgan fingerprint density at radius 3 is 2.86 bits per heavy atom. The van der Waals surface area contributed by atoms with Crippen molar-refractivity contribution in [1.29, 1.82) is 0 Å². The van der Waals surface area contributed by atoms with Crippen LogP contribution in [0.5, 0.6) is 0 Å². The Morgan fingerprint density at radius 1 is 1.40 bits per heavy atom. The second kappa shape index (κ2) is 11.5. The Hall–Kier alpha value is -1.19. The lowest BCUT2D eigenvalue weighted by atomic mass is 10.2. The molecule has 4 N–H and O–H groups in total. The number of H-pyrrole nitrogens is 1. The van der Waals surface area contributed by atoms with Gasteiger partial charge in [0.25, 0.3) is 0 Å². The van der Waals surface area contributed by atoms with E-state index in [4.69, 9.17) is 36.5 Å². The van der Waals surface area contributed by atoms with Gasteiger partial charge in [0.05, 0.1) is 31.2 Å². The highest BCUT2D eigenvalue weighted by molar-refractivity contribution is 8.77. The number of nitrogens with two attached hydrogens (primary N) is 1. The third-order valence-corrected chi connectivity index (χ3v) is 9.78. The maximum absolute atomic E-state index is 13.6. The average molecular weight is 565 g/mol. The van der Waals surface area contributed by atoms with Crippen molar-refractivity contribution in [2.24, 2.45) is 0 Å². The molecule has 0 aliphatic carbocycles. The van der Waals surface area contributed by atoms with E-state index in [1.165, 1.54) is 0 Å². The summed E-state index contributed by atoms with van der Waals surface area (Å²) in [7, 11) is -0.551. The molecule has 0 radical (unpaired) electrons. The van der Waals surface area contributed by atoms with Crippen LogP contribution in [0.15, 0.2) is 6.33 Å². The summed E-state index contributed by atoms with van der Waals surface area (Å²) in [6.07, 6.45) is 1.68. The molecule has 2 aromatic heterocycles. The van der Waals surface area contributed by atoms with E-state index in [2.05, 4.69) is 20.0 Å². The van der Waals surface area contributed by atoms with Gasteiger partial charge in [-0.25, -0.2) is 14.6 Å². The molecule has 0 aromatic carbocycles. The summed E-state index contributed by atoms with van der Waals surface area (Å²) >= 11 is 5.27. The van der Waals surface area contributed by atoms with Gasteiger partial charge in [0.1, 0.15) is 22.4 Å². The normalized spacial score (nSPS) is 23.7. The number of anilines is 1. The van der Waals surface area contributed by atoms with Crippen LogP contribution in [-0.4, -0.2) is 68.0 Å². The Labute approximate surface area is 215 Å². The molecule has 4 rings (SSSR count). The van der Waals surface area contributed by atoms with Gasteiger partial charge in [-0.2, -0.15) is 4.98 Å². The lowest BCUT2D eigenvalue weighted by Crippen LogP contribution is -2.37. The number of imidazole rings is 1. The number of esters is 1. The van der Waals surface area contributed by atoms with Crippen LogP contribution >= 0.6 is 41.6 Å². The summed E-state index contributed by atoms with van der Waals surface area (Å²) in [4.78, 5) is 23.7. The van der Waals surface area contributed by atoms with Crippen molar-refractivity contribution in [3.05, 3.63) is 11.0 Å². The van der Waals surface area contributed by atoms with Crippen LogP contribution in [-0.2, 0) is 27.9 Å². The number of fused-ring (bicyclic) bond motifs is 1. The van der Waals surface area contributed by atoms with Crippen LogP contribution in [0.4, 0.5) is 5.95 Å². The number of aromatic nitrogens is 4. The van der Waals surface area contributed by atoms with Gasteiger partial charge in [-0.15, -0.1) is 0 Å². The average Bonchev–Trinajstić information content (AvgIpc) is 3.52. The lowest BCUT2D eigenvalue weighted by molar-refractivity contribution is -0.149. The van der Waals surface area contributed by atoms with Crippen LogP contribution in [0, 0.1) is 4.64 Å². The minimum Gasteiger partial charge on any atom is -0.462 e. The standard InChI is InChI=1S/C19H29N6O6PS3/c1-10(2)29-18(26)11(3)24-32(27,31-13-7-34-35-8-13)28-6-12-4-5-14(30-12)25-9-21-15-16(25)22-19(20)23-17(15)33/h9-14H,4-8H2,1-3H3,(H,24,27)(H3,20,22,23,33)/t11-,12-,14+,32-/m0/s1. The summed E-state index contributed by atoms with van der Waals surface area (Å²) in [6, 6.07) is -0.875. The first-order chi connectivity index (χ1) is 16.6. The first kappa shape index (κ1) is 26.9. The van der Waals surface area contributed by atoms with Crippen molar-refractivity contribution in [1.82, 2.24) is 24.6 Å². The zero-order valence-corrected chi connectivity index (χ0v) is 22.9. The highest BCUT2D eigenvalue weighted by Gasteiger charge is 2.37. The van der Waals surface area contributed by atoms with E-state index >= 15 is 0 Å². The lowest BCUT2D eigenvalue weighted by Gasteiger charge is -2.26. The zero-order valence-electron chi connectivity index (χ0n) is 19.5. The molecule has 0 unspecified atom stereocenters. The number of rotatable bonds is 10. The minimum atomic E-state index is -3.83. The fourth-order valence-electron chi connectivity index (χ4n) is 3.62. The topological polar surface area (TPSA) is 156 Å². The van der Waals surface area contributed by atoms with Crippen molar-refractivity contribution in [3.63, 3.8) is 0 Å². The van der Waals surface area contributed by atoms with E-state index in [1.54, 1.807) is 53.3 Å². The number of nitrogens with one attached hydrogen (secondary N) is 2. The van der Waals surface area contributed by atoms with Crippen molar-refractivity contribution >= 4 is 64.6 Å². The first-order valence-corrected chi connectivity index (χ1v) is 15.6. The van der Waals surface area contributed by atoms with Crippen molar-refractivity contribution < 1.29 is 27.9 Å². The second-order valence-corrected chi connectivity index (χ2v) is 13.2. The summed E-state index contributed by atoms with van der Waals surface area (Å²) in [5, 5.41) is 2.73. The maximum atomic E-state index is 13.6. The van der Waals surface area contributed by atoms with Gasteiger partial charge >= 0.3 is 13.7 Å². The van der Waals surface area contributed by atoms with Crippen molar-refractivity contribution in [2.75, 3.05) is 23.8 Å². The van der Waals surface area contributed by atoms with E-state index < -0.39 is 19.8 Å². The molecule has 0 saturated carbocycles. The molecule has 2 aliphatic rings. The predicted octanol–water partition coefficient (Wildman–Crippen LogP) is 3.58. The van der Waals surface area contributed by atoms with E-state index in [9.17, 15) is 9.36 Å². The molecular formula is C19H29N6O6PS3. The monoisotopic (exact) mass is 564 g/mol. The van der Waals surface area contributed by atoms with Gasteiger partial charge in [0.15, 0.2) is 5.65 Å². The van der Waals surface area contributed by atoms with Gasteiger partial charge in [0.2, 0.25) is 5.95 Å². The first-order valence-electron chi connectivity index (χ1n) is 11.2. The van der Waals surface area contributed by atoms with Crippen molar-refractivity contribution in [3.8, 4) is 0 Å². The number of ether oxygens (including phenoxy) is 2. The van der Waals surface area contributed by atoms with E-state index in [0.717, 1.165) is 0 Å². The summed E-state index contributed by atoms with van der Waals surface area (Å²) in [5.41, 5.74) is 6.87. The fourth-order valence-corrected chi connectivity index (χ4v) is 8.26. The number of nitrogens with zero attached hydrogens (tertiary/aromatic N) is 3. The molecular weight excluding hydrogens is 535 g/mol. The van der Waals surface area contributed by atoms with Gasteiger partial charge in [-0.05, 0) is 33.6 Å². The maximum Gasteiger partial charge on any atom is 0.406 e. The van der Waals surface area contributed by atoms with Gasteiger partial charge in [-0.1, -0.05) is 33.8 Å². The van der Waals surface area contributed by atoms with Gasteiger partial charge in [-0.3, -0.25) is 18.4 Å². The molecule has 2 aromatic rings. The molecule has 2 fully saturated rings. The highest BCUT2D eigenvalue weighted by Crippen LogP contribution is 2.49. The third kappa shape index (κ3) is 6.77. The fraction of sp³-hybridized carbons (Fsp3) is 0.684. The van der Waals surface area contributed by atoms with Gasteiger partial charge in [0, 0.05) is 11.5 Å². The summed E-state index contributed by atoms with van der Waals surface area (Å²) < 4.78 is 38.7. The zero-order chi connectivity index (χ0) is 25.2. The number of aromatic amines is 1. The molecule has 0 spiro atoms. The smallest absolute Gasteiger partial charge is 0.406 e. The van der Waals surface area contributed by atoms with Crippen LogP contribution in [0.3, 0.4) is 0 Å². The number of carbonyl (C=O) groups excluding carboxylic acids is 1. The highest BCUT2D eigenvalue weighted by atomic mass is 33.1. The number of hydrogen-bond donors (Lipinski definition) is 3. The molecule has 35 heavy (non-hydrogen) atoms. The van der Waals surface area contributed by atoms with Crippen molar-refractivity contribution in [2.45, 2.75) is 64.2 Å². The number of carbonyl (C=O) groups is 1. The van der Waals surface area contributed by atoms with E-state index in [-0.39, 0.29) is 37.1 Å². The molecule has 0 bridgehead atoms. The molecule has 194 valence electrons. The quantitative estimate of drug-likeness (QED) is 0.167. The molecule has 0 amide bonds. The van der Waals surface area contributed by atoms with Crippen LogP contribution in [0.2, 0.25) is 0 Å². The molecule has 2 saturated heterocycles.